The average molecular weight is 397 g/mol. The molecule has 0 saturated carbocycles. The average Bonchev–Trinajstić information content (AvgIpc) is 3.18. The van der Waals surface area contributed by atoms with Crippen LogP contribution in [-0.2, 0) is 17.9 Å². The van der Waals surface area contributed by atoms with E-state index in [0.717, 1.165) is 37.8 Å². The zero-order chi connectivity index (χ0) is 21.1. The Morgan fingerprint density at radius 1 is 1.41 bits per heavy atom. The highest BCUT2D eigenvalue weighted by atomic mass is 19.1. The van der Waals surface area contributed by atoms with Crippen LogP contribution >= 0.6 is 0 Å². The van der Waals surface area contributed by atoms with Gasteiger partial charge in [-0.1, -0.05) is 12.6 Å². The molecule has 29 heavy (non-hydrogen) atoms. The van der Waals surface area contributed by atoms with Crippen molar-refractivity contribution in [3.05, 3.63) is 54.0 Å². The maximum Gasteiger partial charge on any atom is 0.246 e. The zero-order valence-electron chi connectivity index (χ0n) is 17.2. The fourth-order valence-electron chi connectivity index (χ4n) is 3.82. The molecule has 4 rings (SSSR count). The van der Waals surface area contributed by atoms with Crippen LogP contribution < -0.4 is 10.6 Å². The van der Waals surface area contributed by atoms with E-state index in [1.807, 2.05) is 23.1 Å². The van der Waals surface area contributed by atoms with Crippen LogP contribution in [0.15, 0.2) is 37.1 Å². The van der Waals surface area contributed by atoms with Gasteiger partial charge in [-0.2, -0.15) is 4.98 Å². The van der Waals surface area contributed by atoms with Gasteiger partial charge in [-0.15, -0.1) is 0 Å². The van der Waals surface area contributed by atoms with Crippen molar-refractivity contribution in [1.29, 1.82) is 0 Å². The monoisotopic (exact) mass is 397 g/mol. The quantitative estimate of drug-likeness (QED) is 0.756. The normalized spacial score (nSPS) is 19.4. The van der Waals surface area contributed by atoms with E-state index in [2.05, 4.69) is 27.2 Å². The van der Waals surface area contributed by atoms with Crippen LogP contribution in [0.3, 0.4) is 0 Å². The summed E-state index contributed by atoms with van der Waals surface area (Å²) >= 11 is 0. The summed E-state index contributed by atoms with van der Waals surface area (Å²) < 4.78 is 21.8. The van der Waals surface area contributed by atoms with Crippen molar-refractivity contribution in [1.82, 2.24) is 19.8 Å². The first kappa shape index (κ1) is 18.1. The summed E-state index contributed by atoms with van der Waals surface area (Å²) in [4.78, 5) is 24.0. The Kier molecular flexibility index (Phi) is 5.08. The molecule has 1 saturated heterocycles. The largest absolute Gasteiger partial charge is 0.363 e. The van der Waals surface area contributed by atoms with Crippen molar-refractivity contribution in [2.24, 2.45) is 0 Å². The summed E-state index contributed by atoms with van der Waals surface area (Å²) in [5, 5.41) is 6.25. The van der Waals surface area contributed by atoms with E-state index < -0.39 is 5.82 Å². The number of piperidine rings is 1. The molecule has 0 spiro atoms. The highest BCUT2D eigenvalue weighted by Crippen LogP contribution is 2.26. The Balaban J connectivity index is 1.45. The molecule has 1 atom stereocenters. The summed E-state index contributed by atoms with van der Waals surface area (Å²) in [6.07, 6.45) is 4.10. The minimum absolute atomic E-state index is 0.0873. The lowest BCUT2D eigenvalue weighted by atomic mass is 10.1. The Morgan fingerprint density at radius 2 is 2.28 bits per heavy atom. The molecule has 0 radical (unpaired) electrons. The molecule has 2 aromatic rings. The standard InChI is InChI=1S/C21H25FN6O/c1-3-19(29)28-8-4-5-17(13-28)24-20-18(22)10-23-21(26-20)25-16-7-6-14-11-27(2)12-15(14)9-16/h3,6-7,9-10,17H,1,4-5,8,11-13H2,2H3,(H2,23,24,25,26)/t17-/m1/s1/i2D. The third-order valence-electron chi connectivity index (χ3n) is 5.24. The van der Waals surface area contributed by atoms with Gasteiger partial charge >= 0.3 is 0 Å². The topological polar surface area (TPSA) is 73.4 Å². The minimum atomic E-state index is -0.534. The van der Waals surface area contributed by atoms with Crippen molar-refractivity contribution in [3.8, 4) is 0 Å². The number of hydrogen-bond acceptors (Lipinski definition) is 6. The van der Waals surface area contributed by atoms with Gasteiger partial charge in [0.1, 0.15) is 0 Å². The smallest absolute Gasteiger partial charge is 0.246 e. The molecule has 1 fully saturated rings. The van der Waals surface area contributed by atoms with Crippen molar-refractivity contribution < 1.29 is 10.6 Å². The van der Waals surface area contributed by atoms with E-state index >= 15 is 0 Å². The molecule has 1 aromatic heterocycles. The van der Waals surface area contributed by atoms with E-state index in [0.29, 0.717) is 19.0 Å². The van der Waals surface area contributed by atoms with Crippen LogP contribution in [-0.4, -0.2) is 51.8 Å². The molecule has 152 valence electrons. The van der Waals surface area contributed by atoms with Gasteiger partial charge in [0, 0.05) is 39.3 Å². The van der Waals surface area contributed by atoms with Crippen molar-refractivity contribution in [2.75, 3.05) is 30.7 Å². The lowest BCUT2D eigenvalue weighted by Crippen LogP contribution is -2.44. The van der Waals surface area contributed by atoms with E-state index in [1.165, 1.54) is 17.2 Å². The highest BCUT2D eigenvalue weighted by molar-refractivity contribution is 5.87. The predicted octanol–water partition coefficient (Wildman–Crippen LogP) is 2.89. The van der Waals surface area contributed by atoms with Gasteiger partial charge in [0.2, 0.25) is 11.9 Å². The number of nitrogens with one attached hydrogen (secondary N) is 2. The summed E-state index contributed by atoms with van der Waals surface area (Å²) in [5.74, 6) is -0.239. The number of halogens is 1. The molecule has 0 bridgehead atoms. The van der Waals surface area contributed by atoms with E-state index in [1.54, 1.807) is 4.90 Å². The van der Waals surface area contributed by atoms with Gasteiger partial charge in [0.25, 0.3) is 0 Å². The summed E-state index contributed by atoms with van der Waals surface area (Å²) in [6, 6.07) is 5.90. The second kappa shape index (κ2) is 8.16. The van der Waals surface area contributed by atoms with E-state index in [-0.39, 0.29) is 24.8 Å². The molecule has 2 aliphatic heterocycles. The lowest BCUT2D eigenvalue weighted by molar-refractivity contribution is -0.127. The summed E-state index contributed by atoms with van der Waals surface area (Å²) in [5.41, 5.74) is 3.20. The minimum Gasteiger partial charge on any atom is -0.363 e. The number of fused-ring (bicyclic) bond motifs is 1. The number of carbonyl (C=O) groups is 1. The molecule has 7 nitrogen and oxygen atoms in total. The fourth-order valence-corrected chi connectivity index (χ4v) is 3.82. The third kappa shape index (κ3) is 4.37. The molecule has 2 N–H and O–H groups in total. The van der Waals surface area contributed by atoms with Crippen LogP contribution in [0, 0.1) is 5.82 Å². The number of carbonyl (C=O) groups excluding carboxylic acids is 1. The van der Waals surface area contributed by atoms with Crippen LogP contribution in [0.25, 0.3) is 0 Å². The second-order valence-electron chi connectivity index (χ2n) is 7.46. The summed E-state index contributed by atoms with van der Waals surface area (Å²) in [7, 11) is 0.268. The molecular weight excluding hydrogens is 371 g/mol. The Labute approximate surface area is 171 Å². The lowest BCUT2D eigenvalue weighted by Gasteiger charge is -2.32. The Hall–Kier alpha value is -3.00. The highest BCUT2D eigenvalue weighted by Gasteiger charge is 2.23. The molecule has 2 aliphatic rings. The maximum absolute atomic E-state index is 14.3. The van der Waals surface area contributed by atoms with Crippen molar-refractivity contribution in [3.63, 3.8) is 0 Å². The maximum atomic E-state index is 14.3. The van der Waals surface area contributed by atoms with Crippen LogP contribution in [0.2, 0.25) is 0 Å². The van der Waals surface area contributed by atoms with Gasteiger partial charge in [-0.3, -0.25) is 9.69 Å². The first-order valence-corrected chi connectivity index (χ1v) is 9.66. The number of anilines is 3. The van der Waals surface area contributed by atoms with Gasteiger partial charge < -0.3 is 15.5 Å². The molecular formula is C21H25FN6O. The number of hydrogen-bond donors (Lipinski definition) is 2. The van der Waals surface area contributed by atoms with Gasteiger partial charge in [-0.25, -0.2) is 9.37 Å². The number of nitrogens with zero attached hydrogens (tertiary/aromatic N) is 4. The number of aromatic nitrogens is 2. The third-order valence-corrected chi connectivity index (χ3v) is 5.24. The molecule has 1 amide bonds. The molecule has 1 aromatic carbocycles. The van der Waals surface area contributed by atoms with Gasteiger partial charge in [0.05, 0.1) is 6.20 Å². The first-order valence-electron chi connectivity index (χ1n) is 10.4. The summed E-state index contributed by atoms with van der Waals surface area (Å²) in [6.45, 7) is 6.22. The molecule has 3 heterocycles. The Morgan fingerprint density at radius 3 is 3.10 bits per heavy atom. The van der Waals surface area contributed by atoms with Crippen LogP contribution in [0.5, 0.6) is 0 Å². The second-order valence-corrected chi connectivity index (χ2v) is 7.46. The number of benzene rings is 1. The molecule has 8 heteroatoms. The van der Waals surface area contributed by atoms with Gasteiger partial charge in [-0.05, 0) is 49.2 Å². The van der Waals surface area contributed by atoms with E-state index in [4.69, 9.17) is 1.37 Å². The molecule has 0 unspecified atom stereocenters. The molecule has 0 aliphatic carbocycles. The SMILES string of the molecule is [2H]CN1Cc2ccc(Nc3ncc(F)c(N[C@@H]4CCCN(C(=O)C=C)C4)n3)cc2C1. The van der Waals surface area contributed by atoms with Gasteiger partial charge in [0.15, 0.2) is 11.6 Å². The fraction of sp³-hybridized carbons (Fsp3) is 0.381. The van der Waals surface area contributed by atoms with Crippen LogP contribution in [0.1, 0.15) is 25.3 Å². The van der Waals surface area contributed by atoms with Crippen molar-refractivity contribution in [2.45, 2.75) is 32.0 Å². The van der Waals surface area contributed by atoms with E-state index in [9.17, 15) is 9.18 Å². The number of amides is 1. The Bertz CT molecular complexity index is 955. The first-order chi connectivity index (χ1) is 14.6. The van der Waals surface area contributed by atoms with Crippen LogP contribution in [0.4, 0.5) is 21.8 Å². The number of rotatable bonds is 5. The predicted molar refractivity (Wildman–Crippen MR) is 110 cm³/mol. The zero-order valence-corrected chi connectivity index (χ0v) is 16.2. The number of likely N-dealkylation sites (tertiary alicyclic amines) is 1. The van der Waals surface area contributed by atoms with Crippen molar-refractivity contribution >= 4 is 23.4 Å².